The van der Waals surface area contributed by atoms with Crippen molar-refractivity contribution < 1.29 is 14.0 Å². The molecule has 1 N–H and O–H groups in total. The minimum atomic E-state index is 0.588. The molecule has 0 spiro atoms. The van der Waals surface area contributed by atoms with Gasteiger partial charge in [-0.15, -0.1) is 0 Å². The highest BCUT2D eigenvalue weighted by atomic mass is 16.5. The van der Waals surface area contributed by atoms with Crippen LogP contribution in [0.4, 0.5) is 0 Å². The minimum absolute atomic E-state index is 0.588. The van der Waals surface area contributed by atoms with Gasteiger partial charge >= 0.3 is 0 Å². The van der Waals surface area contributed by atoms with E-state index in [9.17, 15) is 0 Å². The zero-order valence-corrected chi connectivity index (χ0v) is 17.6. The van der Waals surface area contributed by atoms with Crippen molar-refractivity contribution in [3.63, 3.8) is 0 Å². The Hall–Kier alpha value is -2.74. The van der Waals surface area contributed by atoms with Crippen LogP contribution in [0.1, 0.15) is 25.1 Å². The molecule has 1 aliphatic heterocycles. The van der Waals surface area contributed by atoms with E-state index in [1.807, 2.05) is 31.2 Å². The van der Waals surface area contributed by atoms with Gasteiger partial charge in [0.25, 0.3) is 0 Å². The standard InChI is InChI=1S/C21H31N5O3/c1-4-22-21(23-15-17-6-7-19(28-5-2)20(14-17)27-3)26-11-9-25(10-12-26)16-18-8-13-29-24-18/h6-8,13-14H,4-5,9-12,15-16H2,1-3H3,(H,22,23). The number of piperazine rings is 1. The van der Waals surface area contributed by atoms with Gasteiger partial charge in [0.15, 0.2) is 17.5 Å². The van der Waals surface area contributed by atoms with Crippen molar-refractivity contribution in [1.29, 1.82) is 0 Å². The predicted molar refractivity (Wildman–Crippen MR) is 112 cm³/mol. The van der Waals surface area contributed by atoms with Gasteiger partial charge in [-0.05, 0) is 31.5 Å². The Balaban J connectivity index is 1.60. The zero-order valence-electron chi connectivity index (χ0n) is 17.6. The van der Waals surface area contributed by atoms with Crippen molar-refractivity contribution in [2.24, 2.45) is 4.99 Å². The fourth-order valence-electron chi connectivity index (χ4n) is 3.34. The summed E-state index contributed by atoms with van der Waals surface area (Å²) in [7, 11) is 1.66. The van der Waals surface area contributed by atoms with E-state index >= 15 is 0 Å². The number of methoxy groups -OCH3 is 1. The van der Waals surface area contributed by atoms with Crippen LogP contribution in [0.25, 0.3) is 0 Å². The number of nitrogens with zero attached hydrogens (tertiary/aromatic N) is 4. The van der Waals surface area contributed by atoms with Crippen molar-refractivity contribution >= 4 is 5.96 Å². The molecule has 8 heteroatoms. The molecule has 0 unspecified atom stereocenters. The third-order valence-corrected chi connectivity index (χ3v) is 4.82. The number of aromatic nitrogens is 1. The number of ether oxygens (including phenoxy) is 2. The molecular weight excluding hydrogens is 370 g/mol. The maximum absolute atomic E-state index is 5.59. The van der Waals surface area contributed by atoms with E-state index in [0.717, 1.165) is 68.0 Å². The number of guanidine groups is 1. The molecular formula is C21H31N5O3. The van der Waals surface area contributed by atoms with Crippen LogP contribution >= 0.6 is 0 Å². The van der Waals surface area contributed by atoms with Gasteiger partial charge in [0.2, 0.25) is 0 Å². The van der Waals surface area contributed by atoms with E-state index in [-0.39, 0.29) is 0 Å². The summed E-state index contributed by atoms with van der Waals surface area (Å²) < 4.78 is 16.0. The van der Waals surface area contributed by atoms with Crippen LogP contribution in [-0.2, 0) is 13.1 Å². The summed E-state index contributed by atoms with van der Waals surface area (Å²) in [6, 6.07) is 7.90. The number of hydrogen-bond donors (Lipinski definition) is 1. The Kier molecular flexibility index (Phi) is 7.75. The topological polar surface area (TPSA) is 75.4 Å². The third-order valence-electron chi connectivity index (χ3n) is 4.82. The number of hydrogen-bond acceptors (Lipinski definition) is 6. The molecule has 1 aromatic heterocycles. The molecule has 2 heterocycles. The smallest absolute Gasteiger partial charge is 0.194 e. The number of rotatable bonds is 8. The van der Waals surface area contributed by atoms with Crippen molar-refractivity contribution in [3.05, 3.63) is 41.8 Å². The second kappa shape index (κ2) is 10.7. The lowest BCUT2D eigenvalue weighted by atomic mass is 10.2. The van der Waals surface area contributed by atoms with Crippen molar-refractivity contribution in [2.75, 3.05) is 46.4 Å². The molecule has 0 radical (unpaired) electrons. The molecule has 1 aromatic carbocycles. The SMILES string of the molecule is CCNC(=NCc1ccc(OCC)c(OC)c1)N1CCN(Cc2ccon2)CC1. The fraction of sp³-hybridized carbons (Fsp3) is 0.524. The second-order valence-corrected chi connectivity index (χ2v) is 6.84. The van der Waals surface area contributed by atoms with E-state index in [1.54, 1.807) is 13.4 Å². The van der Waals surface area contributed by atoms with E-state index < -0.39 is 0 Å². The molecule has 1 aliphatic rings. The Morgan fingerprint density at radius 2 is 2.00 bits per heavy atom. The van der Waals surface area contributed by atoms with E-state index in [0.29, 0.717) is 13.2 Å². The largest absolute Gasteiger partial charge is 0.493 e. The van der Waals surface area contributed by atoms with Gasteiger partial charge in [-0.3, -0.25) is 4.90 Å². The summed E-state index contributed by atoms with van der Waals surface area (Å²) >= 11 is 0. The first-order chi connectivity index (χ1) is 14.2. The molecule has 0 bridgehead atoms. The predicted octanol–water partition coefficient (Wildman–Crippen LogP) is 2.37. The average molecular weight is 402 g/mol. The Bertz CT molecular complexity index is 771. The molecule has 0 atom stereocenters. The van der Waals surface area contributed by atoms with Crippen molar-refractivity contribution in [1.82, 2.24) is 20.3 Å². The highest BCUT2D eigenvalue weighted by molar-refractivity contribution is 5.80. The molecule has 0 amide bonds. The Morgan fingerprint density at radius 1 is 1.17 bits per heavy atom. The summed E-state index contributed by atoms with van der Waals surface area (Å²) in [5, 5.41) is 7.42. The first-order valence-electron chi connectivity index (χ1n) is 10.2. The van der Waals surface area contributed by atoms with Gasteiger partial charge in [-0.2, -0.15) is 0 Å². The molecule has 8 nitrogen and oxygen atoms in total. The highest BCUT2D eigenvalue weighted by Crippen LogP contribution is 2.28. The number of benzene rings is 1. The Morgan fingerprint density at radius 3 is 2.66 bits per heavy atom. The van der Waals surface area contributed by atoms with Crippen LogP contribution in [0.2, 0.25) is 0 Å². The van der Waals surface area contributed by atoms with Crippen LogP contribution in [0.5, 0.6) is 11.5 Å². The van der Waals surface area contributed by atoms with Gasteiger partial charge in [-0.1, -0.05) is 11.2 Å². The van der Waals surface area contributed by atoms with Crippen molar-refractivity contribution in [3.8, 4) is 11.5 Å². The Labute approximate surface area is 172 Å². The van der Waals surface area contributed by atoms with Crippen LogP contribution in [0.15, 0.2) is 40.0 Å². The van der Waals surface area contributed by atoms with E-state index in [4.69, 9.17) is 19.0 Å². The minimum Gasteiger partial charge on any atom is -0.493 e. The van der Waals surface area contributed by atoms with Crippen LogP contribution < -0.4 is 14.8 Å². The van der Waals surface area contributed by atoms with E-state index in [1.165, 1.54) is 0 Å². The number of nitrogens with one attached hydrogen (secondary N) is 1. The van der Waals surface area contributed by atoms with Gasteiger partial charge in [0, 0.05) is 45.3 Å². The normalized spacial score (nSPS) is 15.4. The molecule has 1 saturated heterocycles. The molecule has 3 rings (SSSR count). The average Bonchev–Trinajstić information content (AvgIpc) is 3.26. The molecule has 29 heavy (non-hydrogen) atoms. The summed E-state index contributed by atoms with van der Waals surface area (Å²) in [6.45, 7) is 10.7. The van der Waals surface area contributed by atoms with Crippen LogP contribution in [-0.4, -0.2) is 67.4 Å². The maximum Gasteiger partial charge on any atom is 0.194 e. The fourth-order valence-corrected chi connectivity index (χ4v) is 3.34. The van der Waals surface area contributed by atoms with Gasteiger partial charge in [0.05, 0.1) is 26.0 Å². The summed E-state index contributed by atoms with van der Waals surface area (Å²) in [5.74, 6) is 2.45. The lowest BCUT2D eigenvalue weighted by Gasteiger charge is -2.36. The quantitative estimate of drug-likeness (QED) is 0.538. The van der Waals surface area contributed by atoms with Gasteiger partial charge < -0.3 is 24.2 Å². The summed E-state index contributed by atoms with van der Waals surface area (Å²) in [4.78, 5) is 9.55. The second-order valence-electron chi connectivity index (χ2n) is 6.84. The highest BCUT2D eigenvalue weighted by Gasteiger charge is 2.20. The molecule has 1 fully saturated rings. The van der Waals surface area contributed by atoms with Crippen LogP contribution in [0.3, 0.4) is 0 Å². The maximum atomic E-state index is 5.59. The first-order valence-corrected chi connectivity index (χ1v) is 10.2. The third kappa shape index (κ3) is 5.87. The van der Waals surface area contributed by atoms with Gasteiger partial charge in [0.1, 0.15) is 6.26 Å². The first kappa shape index (κ1) is 21.0. The lowest BCUT2D eigenvalue weighted by molar-refractivity contribution is 0.169. The molecule has 0 saturated carbocycles. The number of aliphatic imine (C=N–C) groups is 1. The van der Waals surface area contributed by atoms with Gasteiger partial charge in [-0.25, -0.2) is 4.99 Å². The van der Waals surface area contributed by atoms with Crippen molar-refractivity contribution in [2.45, 2.75) is 26.9 Å². The zero-order chi connectivity index (χ0) is 20.5. The monoisotopic (exact) mass is 401 g/mol. The lowest BCUT2D eigenvalue weighted by Crippen LogP contribution is -2.52. The van der Waals surface area contributed by atoms with Crippen LogP contribution in [0, 0.1) is 0 Å². The summed E-state index contributed by atoms with van der Waals surface area (Å²) in [6.07, 6.45) is 1.62. The van der Waals surface area contributed by atoms with E-state index in [2.05, 4.69) is 27.2 Å². The molecule has 158 valence electrons. The summed E-state index contributed by atoms with van der Waals surface area (Å²) in [5.41, 5.74) is 2.06. The molecule has 0 aliphatic carbocycles. The molecule has 2 aromatic rings.